The maximum Gasteiger partial charge on any atom is 0.335 e. The molecule has 2 N–H and O–H groups in total. The smallest absolute Gasteiger partial charge is 0.335 e. The summed E-state index contributed by atoms with van der Waals surface area (Å²) in [5.41, 5.74) is 0.423. The number of carbonyl (C=O) groups excluding carboxylic acids is 1. The molecule has 0 aliphatic heterocycles. The van der Waals surface area contributed by atoms with E-state index in [1.165, 1.54) is 24.3 Å². The van der Waals surface area contributed by atoms with Crippen LogP contribution in [0, 0.1) is 5.95 Å². The van der Waals surface area contributed by atoms with Gasteiger partial charge in [-0.3, -0.25) is 4.79 Å². The number of carbonyl (C=O) groups is 2. The first-order valence-corrected chi connectivity index (χ1v) is 5.81. The predicted octanol–water partition coefficient (Wildman–Crippen LogP) is 2.82. The quantitative estimate of drug-likeness (QED) is 0.853. The zero-order valence-electron chi connectivity index (χ0n) is 9.93. The van der Waals surface area contributed by atoms with Gasteiger partial charge in [-0.1, -0.05) is 11.6 Å². The molecule has 102 valence electrons. The Morgan fingerprint density at radius 3 is 2.45 bits per heavy atom. The highest BCUT2D eigenvalue weighted by Crippen LogP contribution is 2.23. The fourth-order valence-corrected chi connectivity index (χ4v) is 1.68. The van der Waals surface area contributed by atoms with Crippen molar-refractivity contribution in [2.75, 3.05) is 5.32 Å². The molecule has 0 atom stereocenters. The number of nitrogens with one attached hydrogen (secondary N) is 1. The number of halogens is 2. The maximum atomic E-state index is 12.6. The number of hydrogen-bond donors (Lipinski definition) is 2. The van der Waals surface area contributed by atoms with E-state index in [0.29, 0.717) is 0 Å². The monoisotopic (exact) mass is 294 g/mol. The number of carboxylic acids is 1. The first-order chi connectivity index (χ1) is 9.47. The first kappa shape index (κ1) is 14.0. The third-order valence-corrected chi connectivity index (χ3v) is 2.77. The average Bonchev–Trinajstić information content (AvgIpc) is 2.41. The topological polar surface area (TPSA) is 79.3 Å². The lowest BCUT2D eigenvalue weighted by Crippen LogP contribution is -2.13. The second-order valence-electron chi connectivity index (χ2n) is 3.82. The number of amides is 1. The van der Waals surface area contributed by atoms with E-state index in [2.05, 4.69) is 10.3 Å². The van der Waals surface area contributed by atoms with Crippen LogP contribution >= 0.6 is 11.6 Å². The van der Waals surface area contributed by atoms with Gasteiger partial charge in [-0.15, -0.1) is 0 Å². The number of benzene rings is 1. The lowest BCUT2D eigenvalue weighted by atomic mass is 10.2. The van der Waals surface area contributed by atoms with Gasteiger partial charge < -0.3 is 10.4 Å². The fourth-order valence-electron chi connectivity index (χ4n) is 1.45. The van der Waals surface area contributed by atoms with E-state index in [0.717, 1.165) is 12.3 Å². The molecular formula is C13H8ClFN2O3. The molecule has 1 aromatic carbocycles. The number of nitrogens with zero attached hydrogens (tertiary/aromatic N) is 1. The Hall–Kier alpha value is -2.47. The highest BCUT2D eigenvalue weighted by Gasteiger charge is 2.11. The van der Waals surface area contributed by atoms with E-state index < -0.39 is 17.8 Å². The van der Waals surface area contributed by atoms with Gasteiger partial charge in [0, 0.05) is 6.20 Å². The summed E-state index contributed by atoms with van der Waals surface area (Å²) in [5.74, 6) is -2.33. The summed E-state index contributed by atoms with van der Waals surface area (Å²) in [5, 5.41) is 11.4. The lowest BCUT2D eigenvalue weighted by molar-refractivity contribution is 0.0696. The van der Waals surface area contributed by atoms with Crippen LogP contribution in [0.15, 0.2) is 36.5 Å². The van der Waals surface area contributed by atoms with Crippen LogP contribution in [0.4, 0.5) is 10.1 Å². The minimum Gasteiger partial charge on any atom is -0.478 e. The maximum absolute atomic E-state index is 12.6. The molecule has 0 fully saturated rings. The van der Waals surface area contributed by atoms with Crippen LogP contribution in [0.1, 0.15) is 20.7 Å². The van der Waals surface area contributed by atoms with Crippen LogP contribution in [0.25, 0.3) is 0 Å². The molecule has 0 spiro atoms. The van der Waals surface area contributed by atoms with Gasteiger partial charge in [0.25, 0.3) is 5.91 Å². The van der Waals surface area contributed by atoms with E-state index in [4.69, 9.17) is 16.7 Å². The first-order valence-electron chi connectivity index (χ1n) is 5.43. The highest BCUT2D eigenvalue weighted by molar-refractivity contribution is 6.34. The number of pyridine rings is 1. The minimum absolute atomic E-state index is 0.0106. The number of anilines is 1. The van der Waals surface area contributed by atoms with Crippen molar-refractivity contribution in [3.63, 3.8) is 0 Å². The lowest BCUT2D eigenvalue weighted by Gasteiger charge is -2.07. The van der Waals surface area contributed by atoms with E-state index in [1.54, 1.807) is 0 Å². The number of aromatic nitrogens is 1. The van der Waals surface area contributed by atoms with E-state index >= 15 is 0 Å². The third-order valence-electron chi connectivity index (χ3n) is 2.45. The molecule has 7 heteroatoms. The van der Waals surface area contributed by atoms with Gasteiger partial charge in [0.15, 0.2) is 0 Å². The zero-order valence-corrected chi connectivity index (χ0v) is 10.7. The Bertz CT molecular complexity index is 674. The van der Waals surface area contributed by atoms with Crippen LogP contribution in [0.2, 0.25) is 5.02 Å². The van der Waals surface area contributed by atoms with Crippen molar-refractivity contribution in [2.45, 2.75) is 0 Å². The molecule has 1 aromatic heterocycles. The summed E-state index contributed by atoms with van der Waals surface area (Å²) >= 11 is 5.88. The largest absolute Gasteiger partial charge is 0.478 e. The van der Waals surface area contributed by atoms with Gasteiger partial charge >= 0.3 is 5.97 Å². The fraction of sp³-hybridized carbons (Fsp3) is 0. The zero-order chi connectivity index (χ0) is 14.7. The summed E-state index contributed by atoms with van der Waals surface area (Å²) in [6, 6.07) is 6.25. The van der Waals surface area contributed by atoms with Crippen LogP contribution in [-0.4, -0.2) is 22.0 Å². The molecule has 5 nitrogen and oxygen atoms in total. The summed E-state index contributed by atoms with van der Waals surface area (Å²) in [4.78, 5) is 26.0. The third kappa shape index (κ3) is 3.10. The number of rotatable bonds is 3. The van der Waals surface area contributed by atoms with E-state index in [1.807, 2.05) is 0 Å². The minimum atomic E-state index is -1.12. The van der Waals surface area contributed by atoms with Crippen LogP contribution in [-0.2, 0) is 0 Å². The van der Waals surface area contributed by atoms with Crippen molar-refractivity contribution in [2.24, 2.45) is 0 Å². The Balaban J connectivity index is 2.19. The van der Waals surface area contributed by atoms with Crippen LogP contribution in [0.3, 0.4) is 0 Å². The van der Waals surface area contributed by atoms with Gasteiger partial charge in [0.1, 0.15) is 0 Å². The molecule has 0 unspecified atom stereocenters. The van der Waals surface area contributed by atoms with E-state index in [9.17, 15) is 14.0 Å². The Kier molecular flexibility index (Phi) is 3.95. The van der Waals surface area contributed by atoms with Crippen LogP contribution < -0.4 is 5.32 Å². The Morgan fingerprint density at radius 2 is 1.90 bits per heavy atom. The van der Waals surface area contributed by atoms with Gasteiger partial charge in [-0.25, -0.2) is 9.78 Å². The van der Waals surface area contributed by atoms with Crippen molar-refractivity contribution in [1.29, 1.82) is 0 Å². The molecule has 0 aliphatic carbocycles. The van der Waals surface area contributed by atoms with E-state index in [-0.39, 0.29) is 21.8 Å². The Morgan fingerprint density at radius 1 is 1.20 bits per heavy atom. The second-order valence-corrected chi connectivity index (χ2v) is 4.23. The SMILES string of the molecule is O=C(O)c1ccc(NC(=O)c2ccc(F)nc2)c(Cl)c1. The Labute approximate surface area is 118 Å². The van der Waals surface area contributed by atoms with Gasteiger partial charge in [-0.05, 0) is 30.3 Å². The summed E-state index contributed by atoms with van der Waals surface area (Å²) < 4.78 is 12.6. The van der Waals surface area contributed by atoms with Crippen molar-refractivity contribution in [1.82, 2.24) is 4.98 Å². The summed E-state index contributed by atoms with van der Waals surface area (Å²) in [6.45, 7) is 0. The molecule has 1 heterocycles. The molecule has 0 bridgehead atoms. The van der Waals surface area contributed by atoms with Gasteiger partial charge in [0.2, 0.25) is 5.95 Å². The van der Waals surface area contributed by atoms with Gasteiger partial charge in [-0.2, -0.15) is 4.39 Å². The molecule has 20 heavy (non-hydrogen) atoms. The van der Waals surface area contributed by atoms with Crippen molar-refractivity contribution in [3.8, 4) is 0 Å². The molecule has 0 radical (unpaired) electrons. The molecule has 2 rings (SSSR count). The average molecular weight is 295 g/mol. The summed E-state index contributed by atoms with van der Waals surface area (Å²) in [7, 11) is 0. The van der Waals surface area contributed by atoms with Crippen molar-refractivity contribution in [3.05, 3.63) is 58.6 Å². The standard InChI is InChI=1S/C13H8ClFN2O3/c14-9-5-7(13(19)20)1-3-10(9)17-12(18)8-2-4-11(15)16-6-8/h1-6H,(H,17,18)(H,19,20). The predicted molar refractivity (Wildman–Crippen MR) is 70.6 cm³/mol. The number of carboxylic acid groups (broad SMARTS) is 1. The van der Waals surface area contributed by atoms with Gasteiger partial charge in [0.05, 0.1) is 21.8 Å². The molecule has 2 aromatic rings. The number of aromatic carboxylic acids is 1. The van der Waals surface area contributed by atoms with Crippen molar-refractivity contribution < 1.29 is 19.1 Å². The molecule has 1 amide bonds. The van der Waals surface area contributed by atoms with Crippen molar-refractivity contribution >= 4 is 29.2 Å². The molecule has 0 saturated heterocycles. The van der Waals surface area contributed by atoms with Crippen LogP contribution in [0.5, 0.6) is 0 Å². The normalized spacial score (nSPS) is 10.1. The number of hydrogen-bond acceptors (Lipinski definition) is 3. The molecule has 0 saturated carbocycles. The second kappa shape index (κ2) is 5.66. The summed E-state index contributed by atoms with van der Waals surface area (Å²) in [6.07, 6.45) is 1.09. The molecule has 0 aliphatic rings. The molecular weight excluding hydrogens is 287 g/mol. The highest BCUT2D eigenvalue weighted by atomic mass is 35.5.